The van der Waals surface area contributed by atoms with Gasteiger partial charge in [0.15, 0.2) is 11.5 Å². The molecule has 0 heterocycles. The number of carbonyl (C=O) groups is 2. The maximum Gasteiger partial charge on any atom is 0.407 e. The molecule has 1 rings (SSSR count). The average molecular weight is 381 g/mol. The van der Waals surface area contributed by atoms with Crippen LogP contribution in [-0.4, -0.2) is 42.0 Å². The van der Waals surface area contributed by atoms with Crippen molar-refractivity contribution >= 4 is 12.1 Å². The largest absolute Gasteiger partial charge is 0.490 e. The molecule has 0 fully saturated rings. The van der Waals surface area contributed by atoms with Gasteiger partial charge in [0.05, 0.1) is 13.2 Å². The maximum absolute atomic E-state index is 12.1. The lowest BCUT2D eigenvalue weighted by Gasteiger charge is -2.24. The van der Waals surface area contributed by atoms with Crippen LogP contribution in [0.4, 0.5) is 4.79 Å². The van der Waals surface area contributed by atoms with Gasteiger partial charge in [-0.1, -0.05) is 6.07 Å². The number of nitrogens with one attached hydrogen (secondary N) is 1. The van der Waals surface area contributed by atoms with Gasteiger partial charge in [0.1, 0.15) is 5.60 Å². The average Bonchev–Trinajstić information content (AvgIpc) is 2.53. The molecule has 0 spiro atoms. The molecule has 1 unspecified atom stereocenters. The molecule has 0 aliphatic carbocycles. The van der Waals surface area contributed by atoms with Crippen LogP contribution in [0.3, 0.4) is 0 Å². The van der Waals surface area contributed by atoms with E-state index in [1.807, 2.05) is 32.0 Å². The Balaban J connectivity index is 2.91. The van der Waals surface area contributed by atoms with Gasteiger partial charge in [-0.3, -0.25) is 4.79 Å². The van der Waals surface area contributed by atoms with E-state index in [0.29, 0.717) is 37.6 Å². The van der Waals surface area contributed by atoms with Crippen molar-refractivity contribution in [3.63, 3.8) is 0 Å². The van der Waals surface area contributed by atoms with Crippen molar-refractivity contribution in [2.75, 3.05) is 13.2 Å². The van der Waals surface area contributed by atoms with Crippen LogP contribution < -0.4 is 14.8 Å². The van der Waals surface area contributed by atoms with E-state index in [1.165, 1.54) is 0 Å². The molecule has 0 aliphatic rings. The summed E-state index contributed by atoms with van der Waals surface area (Å²) in [6.45, 7) is 10.2. The molecule has 0 saturated heterocycles. The highest BCUT2D eigenvalue weighted by molar-refractivity contribution is 5.69. The number of rotatable bonds is 10. The molecular formula is C20H31NO6. The van der Waals surface area contributed by atoms with Crippen LogP contribution in [0, 0.1) is 0 Å². The van der Waals surface area contributed by atoms with Crippen molar-refractivity contribution in [1.29, 1.82) is 0 Å². The first-order chi connectivity index (χ1) is 12.6. The van der Waals surface area contributed by atoms with Gasteiger partial charge in [-0.25, -0.2) is 4.79 Å². The number of aliphatic carboxylic acids is 1. The first kappa shape index (κ1) is 22.6. The number of carboxylic acid groups (broad SMARTS) is 1. The van der Waals surface area contributed by atoms with Gasteiger partial charge in [-0.05, 0) is 65.2 Å². The van der Waals surface area contributed by atoms with E-state index in [2.05, 4.69) is 5.32 Å². The van der Waals surface area contributed by atoms with Crippen molar-refractivity contribution in [2.24, 2.45) is 0 Å². The Bertz CT molecular complexity index is 623. The topological polar surface area (TPSA) is 94.1 Å². The highest BCUT2D eigenvalue weighted by atomic mass is 16.6. The molecule has 0 aromatic heterocycles. The second kappa shape index (κ2) is 10.6. The summed E-state index contributed by atoms with van der Waals surface area (Å²) in [5.41, 5.74) is 0.288. The Morgan fingerprint density at radius 1 is 1.11 bits per heavy atom. The van der Waals surface area contributed by atoms with Gasteiger partial charge in [0.25, 0.3) is 0 Å². The zero-order valence-electron chi connectivity index (χ0n) is 16.8. The molecule has 2 N–H and O–H groups in total. The zero-order valence-corrected chi connectivity index (χ0v) is 16.8. The Labute approximate surface area is 161 Å². The minimum absolute atomic E-state index is 0.0458. The summed E-state index contributed by atoms with van der Waals surface area (Å²) in [6.07, 6.45) is 0.148. The molecule has 1 atom stereocenters. The van der Waals surface area contributed by atoms with Crippen molar-refractivity contribution in [3.05, 3.63) is 23.8 Å². The summed E-state index contributed by atoms with van der Waals surface area (Å²) >= 11 is 0. The predicted octanol–water partition coefficient (Wildman–Crippen LogP) is 3.78. The third kappa shape index (κ3) is 9.17. The zero-order chi connectivity index (χ0) is 20.4. The second-order valence-corrected chi connectivity index (χ2v) is 7.13. The van der Waals surface area contributed by atoms with Gasteiger partial charge in [-0.15, -0.1) is 0 Å². The summed E-state index contributed by atoms with van der Waals surface area (Å²) < 4.78 is 16.5. The number of alkyl carbamates (subject to hydrolysis) is 1. The first-order valence-corrected chi connectivity index (χ1v) is 9.24. The van der Waals surface area contributed by atoms with E-state index in [1.54, 1.807) is 20.8 Å². The lowest BCUT2D eigenvalue weighted by molar-refractivity contribution is -0.137. The van der Waals surface area contributed by atoms with Gasteiger partial charge in [0.2, 0.25) is 0 Å². The van der Waals surface area contributed by atoms with Gasteiger partial charge in [-0.2, -0.15) is 0 Å². The molecule has 0 saturated carbocycles. The lowest BCUT2D eigenvalue weighted by atomic mass is 10.0. The van der Waals surface area contributed by atoms with Crippen molar-refractivity contribution in [1.82, 2.24) is 5.32 Å². The monoisotopic (exact) mass is 381 g/mol. The van der Waals surface area contributed by atoms with E-state index >= 15 is 0 Å². The van der Waals surface area contributed by atoms with Crippen LogP contribution in [0.5, 0.6) is 11.5 Å². The van der Waals surface area contributed by atoms with Gasteiger partial charge >= 0.3 is 12.1 Å². The van der Waals surface area contributed by atoms with E-state index in [9.17, 15) is 9.59 Å². The Kier molecular flexibility index (Phi) is 8.91. The number of carboxylic acids is 1. The minimum Gasteiger partial charge on any atom is -0.490 e. The van der Waals surface area contributed by atoms with Crippen molar-refractivity contribution in [2.45, 2.75) is 65.5 Å². The second-order valence-electron chi connectivity index (χ2n) is 7.13. The number of ether oxygens (including phenoxy) is 3. The highest BCUT2D eigenvalue weighted by Crippen LogP contribution is 2.29. The minimum atomic E-state index is -0.910. The SMILES string of the molecule is CCOc1ccc(CC(CCC(=O)O)NC(=O)OC(C)(C)C)cc1OCC. The third-order valence-electron chi connectivity index (χ3n) is 3.52. The van der Waals surface area contributed by atoms with E-state index in [-0.39, 0.29) is 12.5 Å². The predicted molar refractivity (Wildman–Crippen MR) is 103 cm³/mol. The fourth-order valence-electron chi connectivity index (χ4n) is 2.50. The standard InChI is InChI=1S/C20H31NO6/c1-6-25-16-10-8-14(13-17(16)26-7-2)12-15(9-11-18(22)23)21-19(24)27-20(3,4)5/h8,10,13,15H,6-7,9,11-12H2,1-5H3,(H,21,24)(H,22,23). The smallest absolute Gasteiger partial charge is 0.407 e. The summed E-state index contributed by atoms with van der Waals surface area (Å²) in [7, 11) is 0. The number of hydrogen-bond acceptors (Lipinski definition) is 5. The van der Waals surface area contributed by atoms with Crippen LogP contribution in [0.15, 0.2) is 18.2 Å². The van der Waals surface area contributed by atoms with Crippen molar-refractivity contribution in [3.8, 4) is 11.5 Å². The molecular weight excluding hydrogens is 350 g/mol. The summed E-state index contributed by atoms with van der Waals surface area (Å²) in [4.78, 5) is 23.0. The van der Waals surface area contributed by atoms with Crippen LogP contribution in [-0.2, 0) is 16.0 Å². The van der Waals surface area contributed by atoms with E-state index in [0.717, 1.165) is 5.56 Å². The number of carbonyl (C=O) groups excluding carboxylic acids is 1. The summed E-state index contributed by atoms with van der Waals surface area (Å²) in [5.74, 6) is 0.379. The van der Waals surface area contributed by atoms with Crippen LogP contribution in [0.25, 0.3) is 0 Å². The van der Waals surface area contributed by atoms with E-state index < -0.39 is 17.7 Å². The first-order valence-electron chi connectivity index (χ1n) is 9.24. The maximum atomic E-state index is 12.1. The number of amides is 1. The Morgan fingerprint density at radius 3 is 2.30 bits per heavy atom. The highest BCUT2D eigenvalue weighted by Gasteiger charge is 2.21. The van der Waals surface area contributed by atoms with Gasteiger partial charge in [0, 0.05) is 12.5 Å². The number of hydrogen-bond donors (Lipinski definition) is 2. The molecule has 27 heavy (non-hydrogen) atoms. The van der Waals surface area contributed by atoms with Crippen LogP contribution in [0.2, 0.25) is 0 Å². The quantitative estimate of drug-likeness (QED) is 0.640. The molecule has 0 radical (unpaired) electrons. The molecule has 1 aromatic rings. The Hall–Kier alpha value is -2.44. The van der Waals surface area contributed by atoms with Crippen molar-refractivity contribution < 1.29 is 28.9 Å². The fraction of sp³-hybridized carbons (Fsp3) is 0.600. The summed E-state index contributed by atoms with van der Waals surface area (Å²) in [6, 6.07) is 5.20. The molecule has 1 amide bonds. The third-order valence-corrected chi connectivity index (χ3v) is 3.52. The molecule has 152 valence electrons. The number of benzene rings is 1. The Morgan fingerprint density at radius 2 is 1.74 bits per heavy atom. The molecule has 7 heteroatoms. The molecule has 0 bridgehead atoms. The van der Waals surface area contributed by atoms with E-state index in [4.69, 9.17) is 19.3 Å². The normalized spacial score (nSPS) is 12.2. The van der Waals surface area contributed by atoms with Crippen LogP contribution in [0.1, 0.15) is 53.0 Å². The fourth-order valence-corrected chi connectivity index (χ4v) is 2.50. The molecule has 1 aromatic carbocycles. The van der Waals surface area contributed by atoms with Gasteiger partial charge < -0.3 is 24.6 Å². The molecule has 0 aliphatic heterocycles. The van der Waals surface area contributed by atoms with Crippen LogP contribution >= 0.6 is 0 Å². The molecule has 7 nitrogen and oxygen atoms in total. The lowest BCUT2D eigenvalue weighted by Crippen LogP contribution is -2.40. The summed E-state index contributed by atoms with van der Waals surface area (Å²) in [5, 5.41) is 11.8.